The van der Waals surface area contributed by atoms with Crippen LogP contribution in [0.15, 0.2) is 15.9 Å². The summed E-state index contributed by atoms with van der Waals surface area (Å²) in [6, 6.07) is 2.02. The normalized spacial score (nSPS) is 24.4. The van der Waals surface area contributed by atoms with Crippen molar-refractivity contribution in [2.24, 2.45) is 0 Å². The third-order valence-electron chi connectivity index (χ3n) is 3.52. The predicted molar refractivity (Wildman–Crippen MR) is 77.2 cm³/mol. The zero-order valence-electron chi connectivity index (χ0n) is 10.4. The third kappa shape index (κ3) is 3.20. The quantitative estimate of drug-likeness (QED) is 0.862. The molecule has 5 heteroatoms. The molecule has 0 aromatic carbocycles. The van der Waals surface area contributed by atoms with Gasteiger partial charge in [0, 0.05) is 10.5 Å². The van der Waals surface area contributed by atoms with E-state index in [9.17, 15) is 9.90 Å². The first-order valence-electron chi connectivity index (χ1n) is 6.24. The van der Waals surface area contributed by atoms with Crippen LogP contribution in [-0.2, 0) is 0 Å². The highest BCUT2D eigenvalue weighted by Gasteiger charge is 2.28. The Balaban J connectivity index is 1.96. The minimum absolute atomic E-state index is 0.122. The number of ketones is 1. The fraction of sp³-hybridized carbons (Fsp3) is 0.615. The molecule has 2 rings (SSSR count). The van der Waals surface area contributed by atoms with Crippen molar-refractivity contribution in [3.8, 4) is 0 Å². The van der Waals surface area contributed by atoms with Crippen LogP contribution in [0.4, 0.5) is 0 Å². The molecule has 2 atom stereocenters. The van der Waals surface area contributed by atoms with Crippen molar-refractivity contribution in [2.45, 2.75) is 37.8 Å². The summed E-state index contributed by atoms with van der Waals surface area (Å²) in [4.78, 5) is 14.9. The largest absolute Gasteiger partial charge is 0.391 e. The van der Waals surface area contributed by atoms with E-state index in [4.69, 9.17) is 0 Å². The van der Waals surface area contributed by atoms with E-state index in [0.29, 0.717) is 6.54 Å². The van der Waals surface area contributed by atoms with Crippen LogP contribution in [0, 0.1) is 0 Å². The number of aliphatic hydroxyl groups excluding tert-OH is 1. The number of hydrogen-bond acceptors (Lipinski definition) is 4. The Labute approximate surface area is 120 Å². The van der Waals surface area contributed by atoms with Crippen molar-refractivity contribution in [3.63, 3.8) is 0 Å². The van der Waals surface area contributed by atoms with Crippen molar-refractivity contribution in [1.29, 1.82) is 0 Å². The van der Waals surface area contributed by atoms with Crippen LogP contribution in [0.1, 0.15) is 35.4 Å². The van der Waals surface area contributed by atoms with E-state index in [1.54, 1.807) is 0 Å². The van der Waals surface area contributed by atoms with Crippen molar-refractivity contribution in [1.82, 2.24) is 4.90 Å². The first kappa shape index (κ1) is 14.2. The Morgan fingerprint density at radius 2 is 2.28 bits per heavy atom. The number of carbonyl (C=O) groups is 1. The monoisotopic (exact) mass is 331 g/mol. The average molecular weight is 332 g/mol. The summed E-state index contributed by atoms with van der Waals surface area (Å²) in [6.07, 6.45) is 3.78. The Kier molecular flexibility index (Phi) is 4.95. The summed E-state index contributed by atoms with van der Waals surface area (Å²) >= 11 is 4.85. The third-order valence-corrected chi connectivity index (χ3v) is 5.40. The van der Waals surface area contributed by atoms with E-state index >= 15 is 0 Å². The van der Waals surface area contributed by atoms with Gasteiger partial charge in [0.1, 0.15) is 0 Å². The van der Waals surface area contributed by atoms with Gasteiger partial charge in [-0.05, 0) is 47.3 Å². The summed E-state index contributed by atoms with van der Waals surface area (Å²) in [5, 5.41) is 11.9. The highest BCUT2D eigenvalue weighted by molar-refractivity contribution is 9.10. The van der Waals surface area contributed by atoms with Crippen LogP contribution >= 0.6 is 27.3 Å². The van der Waals surface area contributed by atoms with Crippen molar-refractivity contribution in [3.05, 3.63) is 20.8 Å². The maximum atomic E-state index is 12.1. The molecular formula is C13H18BrNO2S. The summed E-state index contributed by atoms with van der Waals surface area (Å²) < 4.78 is 0.870. The molecule has 0 bridgehead atoms. The molecule has 1 fully saturated rings. The Morgan fingerprint density at radius 3 is 2.89 bits per heavy atom. The van der Waals surface area contributed by atoms with E-state index in [2.05, 4.69) is 15.9 Å². The Morgan fingerprint density at radius 1 is 1.56 bits per heavy atom. The lowest BCUT2D eigenvalue weighted by Gasteiger charge is -2.34. The van der Waals surface area contributed by atoms with Crippen LogP contribution in [0.3, 0.4) is 0 Å². The van der Waals surface area contributed by atoms with Crippen LogP contribution in [0.25, 0.3) is 0 Å². The smallest absolute Gasteiger partial charge is 0.187 e. The molecule has 1 aromatic rings. The lowest BCUT2D eigenvalue weighted by Crippen LogP contribution is -2.45. The number of Topliss-reactive ketones (excluding diaryl/α,β-unsaturated/α-hetero) is 1. The van der Waals surface area contributed by atoms with E-state index in [0.717, 1.165) is 35.0 Å². The maximum Gasteiger partial charge on any atom is 0.187 e. The molecule has 0 saturated heterocycles. The van der Waals surface area contributed by atoms with Gasteiger partial charge in [-0.2, -0.15) is 0 Å². The van der Waals surface area contributed by atoms with Crippen molar-refractivity contribution >= 4 is 33.0 Å². The van der Waals surface area contributed by atoms with Crippen molar-refractivity contribution in [2.75, 3.05) is 13.6 Å². The molecule has 1 aliphatic rings. The number of carbonyl (C=O) groups excluding carboxylic acids is 1. The second-order valence-electron chi connectivity index (χ2n) is 4.86. The summed E-state index contributed by atoms with van der Waals surface area (Å²) in [6.45, 7) is 0.376. The number of rotatable bonds is 4. The average Bonchev–Trinajstić information content (AvgIpc) is 2.76. The summed E-state index contributed by atoms with van der Waals surface area (Å²) in [7, 11) is 1.93. The van der Waals surface area contributed by atoms with Gasteiger partial charge in [-0.25, -0.2) is 0 Å². The first-order chi connectivity index (χ1) is 8.59. The minimum atomic E-state index is -0.289. The van der Waals surface area contributed by atoms with E-state index in [-0.39, 0.29) is 17.9 Å². The molecule has 0 amide bonds. The number of likely N-dealkylation sites (N-methyl/N-ethyl adjacent to an activating group) is 1. The van der Waals surface area contributed by atoms with Gasteiger partial charge in [-0.15, -0.1) is 11.3 Å². The van der Waals surface area contributed by atoms with Gasteiger partial charge in [0.2, 0.25) is 0 Å². The standard InChI is InChI=1S/C13H18BrNO2S/c1-15(10-4-2-3-5-11(10)16)8-12(17)13-9(14)6-7-18-13/h6-7,10-11,16H,2-5,8H2,1H3. The maximum absolute atomic E-state index is 12.1. The van der Waals surface area contributed by atoms with Crippen LogP contribution in [0.5, 0.6) is 0 Å². The zero-order chi connectivity index (χ0) is 13.1. The molecule has 1 aromatic heterocycles. The van der Waals surface area contributed by atoms with Crippen molar-refractivity contribution < 1.29 is 9.90 Å². The number of nitrogens with zero attached hydrogens (tertiary/aromatic N) is 1. The van der Waals surface area contributed by atoms with Gasteiger partial charge in [0.25, 0.3) is 0 Å². The second kappa shape index (κ2) is 6.28. The van der Waals surface area contributed by atoms with E-state index in [1.165, 1.54) is 11.3 Å². The zero-order valence-corrected chi connectivity index (χ0v) is 12.8. The number of hydrogen-bond donors (Lipinski definition) is 1. The fourth-order valence-corrected chi connectivity index (χ4v) is 4.04. The van der Waals surface area contributed by atoms with Gasteiger partial charge >= 0.3 is 0 Å². The number of halogens is 1. The van der Waals surface area contributed by atoms with Gasteiger partial charge < -0.3 is 5.11 Å². The SMILES string of the molecule is CN(CC(=O)c1sccc1Br)C1CCCCC1O. The van der Waals surface area contributed by atoms with Gasteiger partial charge in [0.05, 0.1) is 17.5 Å². The first-order valence-corrected chi connectivity index (χ1v) is 7.91. The molecule has 1 saturated carbocycles. The van der Waals surface area contributed by atoms with Crippen LogP contribution < -0.4 is 0 Å². The van der Waals surface area contributed by atoms with E-state index in [1.807, 2.05) is 23.4 Å². The second-order valence-corrected chi connectivity index (χ2v) is 6.63. The molecule has 18 heavy (non-hydrogen) atoms. The van der Waals surface area contributed by atoms with E-state index < -0.39 is 0 Å². The lowest BCUT2D eigenvalue weighted by atomic mass is 9.91. The molecule has 2 unspecified atom stereocenters. The van der Waals surface area contributed by atoms with Gasteiger partial charge in [-0.1, -0.05) is 12.8 Å². The molecule has 1 N–H and O–H groups in total. The van der Waals surface area contributed by atoms with Crippen LogP contribution in [-0.4, -0.2) is 41.5 Å². The molecule has 0 spiro atoms. The molecule has 100 valence electrons. The highest BCUT2D eigenvalue weighted by atomic mass is 79.9. The van der Waals surface area contributed by atoms with Gasteiger partial charge in [0.15, 0.2) is 5.78 Å². The van der Waals surface area contributed by atoms with Crippen LogP contribution in [0.2, 0.25) is 0 Å². The number of thiophene rings is 1. The predicted octanol–water partition coefficient (Wildman–Crippen LogP) is 2.93. The molecule has 0 radical (unpaired) electrons. The molecule has 0 aliphatic heterocycles. The lowest BCUT2D eigenvalue weighted by molar-refractivity contribution is 0.0322. The molecule has 1 aliphatic carbocycles. The Hall–Kier alpha value is -0.230. The summed E-state index contributed by atoms with van der Waals surface area (Å²) in [5.41, 5.74) is 0. The number of aliphatic hydroxyl groups is 1. The molecule has 1 heterocycles. The Bertz CT molecular complexity index is 421. The minimum Gasteiger partial charge on any atom is -0.391 e. The fourth-order valence-electron chi connectivity index (χ4n) is 2.51. The highest BCUT2D eigenvalue weighted by Crippen LogP contribution is 2.25. The molecule has 3 nitrogen and oxygen atoms in total. The van der Waals surface area contributed by atoms with Gasteiger partial charge in [-0.3, -0.25) is 9.69 Å². The topological polar surface area (TPSA) is 40.5 Å². The summed E-state index contributed by atoms with van der Waals surface area (Å²) in [5.74, 6) is 0.122. The molecular weight excluding hydrogens is 314 g/mol.